The molecule has 1 N–H and O–H groups in total. The lowest BCUT2D eigenvalue weighted by molar-refractivity contribution is -0.140. The van der Waals surface area contributed by atoms with Crippen LogP contribution in [-0.2, 0) is 16.1 Å². The molecule has 104 valence electrons. The fourth-order valence-electron chi connectivity index (χ4n) is 1.67. The predicted octanol–water partition coefficient (Wildman–Crippen LogP) is 3.25. The molecule has 0 atom stereocenters. The maximum atomic E-state index is 11.0. The van der Waals surface area contributed by atoms with E-state index in [1.54, 1.807) is 11.8 Å². The van der Waals surface area contributed by atoms with Gasteiger partial charge in [-0.15, -0.1) is 11.8 Å². The Labute approximate surface area is 123 Å². The molecule has 1 aromatic carbocycles. The monoisotopic (exact) mass is 299 g/mol. The molecule has 19 heavy (non-hydrogen) atoms. The number of esters is 1. The number of hydrogen-bond acceptors (Lipinski definition) is 4. The highest BCUT2D eigenvalue weighted by Gasteiger charge is 2.19. The molecule has 1 aromatic rings. The highest BCUT2D eigenvalue weighted by Crippen LogP contribution is 2.29. The smallest absolute Gasteiger partial charge is 0.306 e. The third kappa shape index (κ3) is 5.05. The Morgan fingerprint density at radius 2 is 2.32 bits per heavy atom. The molecular weight excluding hydrogens is 282 g/mol. The minimum atomic E-state index is -0.186. The summed E-state index contributed by atoms with van der Waals surface area (Å²) < 4.78 is 4.60. The number of nitrogens with one attached hydrogen (secondary N) is 1. The first-order chi connectivity index (χ1) is 9.19. The zero-order chi connectivity index (χ0) is 13.7. The van der Waals surface area contributed by atoms with Gasteiger partial charge in [-0.05, 0) is 30.5 Å². The van der Waals surface area contributed by atoms with E-state index in [0.717, 1.165) is 16.5 Å². The van der Waals surface area contributed by atoms with Crippen molar-refractivity contribution >= 4 is 29.3 Å². The Hall–Kier alpha value is -0.710. The van der Waals surface area contributed by atoms with E-state index in [-0.39, 0.29) is 5.97 Å². The molecule has 3 nitrogen and oxygen atoms in total. The van der Waals surface area contributed by atoms with E-state index < -0.39 is 0 Å². The van der Waals surface area contributed by atoms with Gasteiger partial charge in [-0.3, -0.25) is 4.79 Å². The molecule has 0 radical (unpaired) electrons. The second kappa shape index (κ2) is 7.17. The van der Waals surface area contributed by atoms with Crippen molar-refractivity contribution in [2.75, 3.05) is 12.9 Å². The summed E-state index contributed by atoms with van der Waals surface area (Å²) >= 11 is 7.83. The minimum absolute atomic E-state index is 0.186. The van der Waals surface area contributed by atoms with Gasteiger partial charge in [0.15, 0.2) is 0 Å². The summed E-state index contributed by atoms with van der Waals surface area (Å²) in [6.45, 7) is 0.873. The van der Waals surface area contributed by atoms with Crippen LogP contribution < -0.4 is 5.32 Å². The van der Waals surface area contributed by atoms with Crippen LogP contribution in [-0.4, -0.2) is 24.9 Å². The van der Waals surface area contributed by atoms with Crippen LogP contribution >= 0.6 is 23.4 Å². The van der Waals surface area contributed by atoms with Crippen molar-refractivity contribution in [3.8, 4) is 0 Å². The first-order valence-corrected chi connectivity index (χ1v) is 7.77. The van der Waals surface area contributed by atoms with Crippen LogP contribution in [0.4, 0.5) is 0 Å². The van der Waals surface area contributed by atoms with Crippen molar-refractivity contribution in [2.24, 2.45) is 0 Å². The molecule has 1 aliphatic rings. The van der Waals surface area contributed by atoms with E-state index >= 15 is 0 Å². The van der Waals surface area contributed by atoms with Crippen molar-refractivity contribution in [2.45, 2.75) is 36.7 Å². The van der Waals surface area contributed by atoms with Gasteiger partial charge in [-0.1, -0.05) is 17.7 Å². The lowest BCUT2D eigenvalue weighted by atomic mass is 10.2. The average Bonchev–Trinajstić information content (AvgIpc) is 3.22. The average molecular weight is 300 g/mol. The van der Waals surface area contributed by atoms with Crippen LogP contribution in [0.2, 0.25) is 5.02 Å². The zero-order valence-corrected chi connectivity index (χ0v) is 12.5. The number of ether oxygens (including phenoxy) is 1. The molecule has 0 aliphatic heterocycles. The zero-order valence-electron chi connectivity index (χ0n) is 10.9. The summed E-state index contributed by atoms with van der Waals surface area (Å²) in [6, 6.07) is 6.81. The molecule has 0 saturated heterocycles. The SMILES string of the molecule is COC(=O)CCSc1ccc(CNC2CC2)cc1Cl. The largest absolute Gasteiger partial charge is 0.469 e. The summed E-state index contributed by atoms with van der Waals surface area (Å²) in [4.78, 5) is 12.0. The maximum Gasteiger partial charge on any atom is 0.306 e. The van der Waals surface area contributed by atoms with Gasteiger partial charge in [0.2, 0.25) is 0 Å². The van der Waals surface area contributed by atoms with Crippen LogP contribution in [0.15, 0.2) is 23.1 Å². The fraction of sp³-hybridized carbons (Fsp3) is 0.500. The standard InChI is InChI=1S/C14H18ClNO2S/c1-18-14(17)6-7-19-13-5-2-10(8-12(13)15)9-16-11-3-4-11/h2,5,8,11,16H,3-4,6-7,9H2,1H3. The Bertz CT molecular complexity index is 449. The number of carbonyl (C=O) groups is 1. The highest BCUT2D eigenvalue weighted by molar-refractivity contribution is 7.99. The van der Waals surface area contributed by atoms with Gasteiger partial charge in [0.25, 0.3) is 0 Å². The van der Waals surface area contributed by atoms with E-state index in [4.69, 9.17) is 11.6 Å². The molecule has 1 fully saturated rings. The summed E-state index contributed by atoms with van der Waals surface area (Å²) in [6.07, 6.45) is 2.98. The van der Waals surface area contributed by atoms with Gasteiger partial charge in [-0.2, -0.15) is 0 Å². The summed E-state index contributed by atoms with van der Waals surface area (Å²) in [5.74, 6) is 0.500. The number of benzene rings is 1. The Kier molecular flexibility index (Phi) is 5.55. The van der Waals surface area contributed by atoms with Gasteiger partial charge in [0.05, 0.1) is 18.6 Å². The molecule has 0 unspecified atom stereocenters. The molecule has 0 bridgehead atoms. The molecule has 2 rings (SSSR count). The topological polar surface area (TPSA) is 38.3 Å². The van der Waals surface area contributed by atoms with Crippen LogP contribution in [0.5, 0.6) is 0 Å². The van der Waals surface area contributed by atoms with E-state index in [0.29, 0.717) is 18.2 Å². The van der Waals surface area contributed by atoms with Gasteiger partial charge in [0, 0.05) is 23.2 Å². The number of carbonyl (C=O) groups excluding carboxylic acids is 1. The number of methoxy groups -OCH3 is 1. The molecule has 0 amide bonds. The molecule has 5 heteroatoms. The fourth-order valence-corrected chi connectivity index (χ4v) is 2.88. The molecule has 1 saturated carbocycles. The number of rotatable bonds is 7. The lowest BCUT2D eigenvalue weighted by Crippen LogP contribution is -2.15. The van der Waals surface area contributed by atoms with E-state index in [1.165, 1.54) is 25.5 Å². The van der Waals surface area contributed by atoms with E-state index in [2.05, 4.69) is 16.1 Å². The maximum absolute atomic E-state index is 11.0. The quantitative estimate of drug-likeness (QED) is 0.619. The third-order valence-electron chi connectivity index (χ3n) is 2.96. The van der Waals surface area contributed by atoms with E-state index in [1.807, 2.05) is 12.1 Å². The van der Waals surface area contributed by atoms with Crippen molar-refractivity contribution in [3.05, 3.63) is 28.8 Å². The molecular formula is C14H18ClNO2S. The summed E-state index contributed by atoms with van der Waals surface area (Å²) in [5.41, 5.74) is 1.20. The van der Waals surface area contributed by atoms with Crippen LogP contribution in [0, 0.1) is 0 Å². The molecule has 0 aromatic heterocycles. The van der Waals surface area contributed by atoms with Gasteiger partial charge in [0.1, 0.15) is 0 Å². The third-order valence-corrected chi connectivity index (χ3v) is 4.46. The molecule has 0 heterocycles. The minimum Gasteiger partial charge on any atom is -0.469 e. The lowest BCUT2D eigenvalue weighted by Gasteiger charge is -2.07. The van der Waals surface area contributed by atoms with Gasteiger partial charge < -0.3 is 10.1 Å². The number of thioether (sulfide) groups is 1. The second-order valence-corrected chi connectivity index (χ2v) is 6.14. The van der Waals surface area contributed by atoms with E-state index in [9.17, 15) is 4.79 Å². The van der Waals surface area contributed by atoms with Gasteiger partial charge in [-0.25, -0.2) is 0 Å². The summed E-state index contributed by atoms with van der Waals surface area (Å²) in [7, 11) is 1.40. The molecule has 1 aliphatic carbocycles. The van der Waals surface area contributed by atoms with Crippen LogP contribution in [0.3, 0.4) is 0 Å². The van der Waals surface area contributed by atoms with Crippen molar-refractivity contribution in [1.82, 2.24) is 5.32 Å². The Morgan fingerprint density at radius 3 is 2.95 bits per heavy atom. The van der Waals surface area contributed by atoms with Crippen LogP contribution in [0.1, 0.15) is 24.8 Å². The van der Waals surface area contributed by atoms with Crippen molar-refractivity contribution in [3.63, 3.8) is 0 Å². The number of halogens is 1. The first-order valence-electron chi connectivity index (χ1n) is 6.40. The van der Waals surface area contributed by atoms with Crippen molar-refractivity contribution < 1.29 is 9.53 Å². The Morgan fingerprint density at radius 1 is 1.53 bits per heavy atom. The normalized spacial score (nSPS) is 14.4. The van der Waals surface area contributed by atoms with Gasteiger partial charge >= 0.3 is 5.97 Å². The number of hydrogen-bond donors (Lipinski definition) is 1. The Balaban J connectivity index is 1.81. The highest BCUT2D eigenvalue weighted by atomic mass is 35.5. The molecule has 0 spiro atoms. The van der Waals surface area contributed by atoms with Crippen LogP contribution in [0.25, 0.3) is 0 Å². The van der Waals surface area contributed by atoms with Crippen molar-refractivity contribution in [1.29, 1.82) is 0 Å². The predicted molar refractivity (Wildman–Crippen MR) is 78.7 cm³/mol. The second-order valence-electron chi connectivity index (χ2n) is 4.59. The first kappa shape index (κ1) is 14.7. The summed E-state index contributed by atoms with van der Waals surface area (Å²) in [5, 5.41) is 4.21.